The van der Waals surface area contributed by atoms with Crippen molar-refractivity contribution < 1.29 is 4.74 Å². The van der Waals surface area contributed by atoms with Gasteiger partial charge in [0.15, 0.2) is 0 Å². The average Bonchev–Trinajstić information content (AvgIpc) is 2.40. The molecular formula is C14H16BrN3O. The van der Waals surface area contributed by atoms with Crippen molar-refractivity contribution >= 4 is 15.9 Å². The lowest BCUT2D eigenvalue weighted by atomic mass is 10.00. The predicted octanol–water partition coefficient (Wildman–Crippen LogP) is 2.71. The van der Waals surface area contributed by atoms with Gasteiger partial charge in [0.1, 0.15) is 5.75 Å². The smallest absolute Gasteiger partial charge is 0.133 e. The topological polar surface area (TPSA) is 60.2 Å². The van der Waals surface area contributed by atoms with Crippen molar-refractivity contribution in [2.75, 3.05) is 7.11 Å². The third-order valence-corrected chi connectivity index (χ3v) is 3.53. The number of benzene rings is 1. The maximum Gasteiger partial charge on any atom is 0.133 e. The molecule has 0 radical (unpaired) electrons. The van der Waals surface area contributed by atoms with E-state index in [2.05, 4.69) is 32.4 Å². The summed E-state index contributed by atoms with van der Waals surface area (Å²) in [5.41, 5.74) is 6.00. The van der Waals surface area contributed by atoms with E-state index < -0.39 is 0 Å². The van der Waals surface area contributed by atoms with Crippen LogP contribution in [0.25, 0.3) is 0 Å². The number of nitrogens with zero attached hydrogens (tertiary/aromatic N) is 1. The second-order valence-corrected chi connectivity index (χ2v) is 5.14. The Balaban J connectivity index is 2.39. The summed E-state index contributed by atoms with van der Waals surface area (Å²) >= 11 is 3.48. The first-order chi connectivity index (χ1) is 9.15. The fourth-order valence-corrected chi connectivity index (χ4v) is 2.54. The number of methoxy groups -OCH3 is 1. The highest BCUT2D eigenvalue weighted by Crippen LogP contribution is 2.30. The Morgan fingerprint density at radius 1 is 1.26 bits per heavy atom. The van der Waals surface area contributed by atoms with Crippen LogP contribution in [0.4, 0.5) is 0 Å². The molecule has 5 heteroatoms. The van der Waals surface area contributed by atoms with Gasteiger partial charge in [-0.1, -0.05) is 12.1 Å². The Labute approximate surface area is 121 Å². The van der Waals surface area contributed by atoms with Crippen molar-refractivity contribution in [3.8, 4) is 5.75 Å². The number of nitrogens with one attached hydrogen (secondary N) is 1. The molecule has 0 aliphatic carbocycles. The molecule has 0 fully saturated rings. The molecule has 0 aliphatic heterocycles. The molecule has 4 nitrogen and oxygen atoms in total. The van der Waals surface area contributed by atoms with Gasteiger partial charge in [-0.25, -0.2) is 5.43 Å². The standard InChI is InChI=1S/C14H16BrN3O/c1-9-5-11(8-17-7-9)14(18-16)10-3-4-13(19-2)12(15)6-10/h3-8,14,18H,16H2,1-2H3. The fraction of sp³-hybridized carbons (Fsp3) is 0.214. The Bertz CT molecular complexity index is 574. The van der Waals surface area contributed by atoms with E-state index in [1.165, 1.54) is 0 Å². The lowest BCUT2D eigenvalue weighted by Gasteiger charge is -2.18. The zero-order valence-electron chi connectivity index (χ0n) is 10.9. The van der Waals surface area contributed by atoms with Gasteiger partial charge in [-0.05, 0) is 51.7 Å². The van der Waals surface area contributed by atoms with Crippen LogP contribution in [-0.2, 0) is 0 Å². The molecule has 1 heterocycles. The predicted molar refractivity (Wildman–Crippen MR) is 78.8 cm³/mol. The number of rotatable bonds is 4. The SMILES string of the molecule is COc1ccc(C(NN)c2cncc(C)c2)cc1Br. The van der Waals surface area contributed by atoms with Crippen LogP contribution in [0, 0.1) is 6.92 Å². The van der Waals surface area contributed by atoms with E-state index in [1.54, 1.807) is 7.11 Å². The average molecular weight is 322 g/mol. The summed E-state index contributed by atoms with van der Waals surface area (Å²) in [6.07, 6.45) is 3.64. The summed E-state index contributed by atoms with van der Waals surface area (Å²) in [5, 5.41) is 0. The Kier molecular flexibility index (Phi) is 4.52. The number of aryl methyl sites for hydroxylation is 1. The van der Waals surface area contributed by atoms with Crippen molar-refractivity contribution in [3.05, 3.63) is 57.8 Å². The summed E-state index contributed by atoms with van der Waals surface area (Å²) in [5.74, 6) is 6.48. The minimum absolute atomic E-state index is 0.102. The highest BCUT2D eigenvalue weighted by atomic mass is 79.9. The minimum atomic E-state index is -0.102. The van der Waals surface area contributed by atoms with Crippen molar-refractivity contribution in [2.24, 2.45) is 5.84 Å². The molecule has 1 aromatic carbocycles. The van der Waals surface area contributed by atoms with Crippen LogP contribution >= 0.6 is 15.9 Å². The van der Waals surface area contributed by atoms with Gasteiger partial charge in [-0.2, -0.15) is 0 Å². The molecule has 1 unspecified atom stereocenters. The first-order valence-electron chi connectivity index (χ1n) is 5.87. The zero-order chi connectivity index (χ0) is 13.8. The number of halogens is 1. The summed E-state index contributed by atoms with van der Waals surface area (Å²) in [4.78, 5) is 4.20. The fourth-order valence-electron chi connectivity index (χ4n) is 1.98. The third-order valence-electron chi connectivity index (χ3n) is 2.91. The number of nitrogens with two attached hydrogens (primary N) is 1. The van der Waals surface area contributed by atoms with E-state index >= 15 is 0 Å². The number of hydrogen-bond donors (Lipinski definition) is 2. The van der Waals surface area contributed by atoms with Gasteiger partial charge >= 0.3 is 0 Å². The summed E-state index contributed by atoms with van der Waals surface area (Å²) < 4.78 is 6.12. The molecule has 1 aromatic heterocycles. The summed E-state index contributed by atoms with van der Waals surface area (Å²) in [6.45, 7) is 2.01. The molecule has 0 aliphatic rings. The first-order valence-corrected chi connectivity index (χ1v) is 6.66. The number of ether oxygens (including phenoxy) is 1. The van der Waals surface area contributed by atoms with Gasteiger partial charge < -0.3 is 4.74 Å². The van der Waals surface area contributed by atoms with Gasteiger partial charge in [0.05, 0.1) is 17.6 Å². The number of hydrazine groups is 1. The normalized spacial score (nSPS) is 12.2. The lowest BCUT2D eigenvalue weighted by Crippen LogP contribution is -2.29. The van der Waals surface area contributed by atoms with Crippen LogP contribution < -0.4 is 16.0 Å². The molecule has 0 spiro atoms. The monoisotopic (exact) mass is 321 g/mol. The van der Waals surface area contributed by atoms with Gasteiger partial charge in [-0.3, -0.25) is 10.8 Å². The van der Waals surface area contributed by atoms with Crippen LogP contribution in [0.2, 0.25) is 0 Å². The number of hydrogen-bond acceptors (Lipinski definition) is 4. The molecule has 100 valence electrons. The summed E-state index contributed by atoms with van der Waals surface area (Å²) in [6, 6.07) is 7.85. The highest BCUT2D eigenvalue weighted by Gasteiger charge is 2.14. The van der Waals surface area contributed by atoms with Gasteiger partial charge in [0.2, 0.25) is 0 Å². The Morgan fingerprint density at radius 2 is 2.05 bits per heavy atom. The molecule has 0 bridgehead atoms. The lowest BCUT2D eigenvalue weighted by molar-refractivity contribution is 0.411. The molecule has 0 saturated carbocycles. The van der Waals surface area contributed by atoms with E-state index in [1.807, 2.05) is 37.5 Å². The van der Waals surface area contributed by atoms with Crippen LogP contribution in [0.5, 0.6) is 5.75 Å². The van der Waals surface area contributed by atoms with Gasteiger partial charge in [0.25, 0.3) is 0 Å². The van der Waals surface area contributed by atoms with E-state index in [0.29, 0.717) is 0 Å². The molecule has 19 heavy (non-hydrogen) atoms. The maximum absolute atomic E-state index is 5.68. The van der Waals surface area contributed by atoms with E-state index in [9.17, 15) is 0 Å². The Hall–Kier alpha value is -1.43. The molecule has 3 N–H and O–H groups in total. The first kappa shape index (κ1) is 14.0. The third kappa shape index (κ3) is 3.12. The van der Waals surface area contributed by atoms with Crippen molar-refractivity contribution in [2.45, 2.75) is 13.0 Å². The quantitative estimate of drug-likeness (QED) is 0.671. The Morgan fingerprint density at radius 3 is 2.63 bits per heavy atom. The van der Waals surface area contributed by atoms with E-state index in [-0.39, 0.29) is 6.04 Å². The van der Waals surface area contributed by atoms with Crippen LogP contribution in [0.1, 0.15) is 22.7 Å². The van der Waals surface area contributed by atoms with E-state index in [0.717, 1.165) is 26.9 Å². The molecule has 2 rings (SSSR count). The highest BCUT2D eigenvalue weighted by molar-refractivity contribution is 9.10. The molecule has 0 amide bonds. The van der Waals surface area contributed by atoms with Crippen molar-refractivity contribution in [1.82, 2.24) is 10.4 Å². The molecule has 0 saturated heterocycles. The van der Waals surface area contributed by atoms with Gasteiger partial charge in [0, 0.05) is 12.4 Å². The van der Waals surface area contributed by atoms with Crippen LogP contribution in [0.3, 0.4) is 0 Å². The largest absolute Gasteiger partial charge is 0.496 e. The number of pyridine rings is 1. The molecular weight excluding hydrogens is 306 g/mol. The second kappa shape index (κ2) is 6.14. The van der Waals surface area contributed by atoms with Crippen molar-refractivity contribution in [1.29, 1.82) is 0 Å². The van der Waals surface area contributed by atoms with Gasteiger partial charge in [-0.15, -0.1) is 0 Å². The molecule has 1 atom stereocenters. The number of aromatic nitrogens is 1. The minimum Gasteiger partial charge on any atom is -0.496 e. The second-order valence-electron chi connectivity index (χ2n) is 4.29. The molecule has 2 aromatic rings. The zero-order valence-corrected chi connectivity index (χ0v) is 12.4. The summed E-state index contributed by atoms with van der Waals surface area (Å²) in [7, 11) is 1.64. The van der Waals surface area contributed by atoms with Crippen molar-refractivity contribution in [3.63, 3.8) is 0 Å². The van der Waals surface area contributed by atoms with Crippen LogP contribution in [-0.4, -0.2) is 12.1 Å². The van der Waals surface area contributed by atoms with Crippen LogP contribution in [0.15, 0.2) is 41.1 Å². The maximum atomic E-state index is 5.68. The van der Waals surface area contributed by atoms with E-state index in [4.69, 9.17) is 10.6 Å².